The molecular formula is C16H27NO2. The Hall–Kier alpha value is -1.06. The highest BCUT2D eigenvalue weighted by molar-refractivity contribution is 5.33. The van der Waals surface area contributed by atoms with Gasteiger partial charge in [-0.2, -0.15) is 0 Å². The van der Waals surface area contributed by atoms with Gasteiger partial charge in [-0.1, -0.05) is 32.0 Å². The fourth-order valence-corrected chi connectivity index (χ4v) is 1.97. The number of benzene rings is 1. The molecule has 108 valence electrons. The minimum absolute atomic E-state index is 0.416. The van der Waals surface area contributed by atoms with Crippen LogP contribution >= 0.6 is 0 Å². The first-order valence-corrected chi connectivity index (χ1v) is 7.06. The van der Waals surface area contributed by atoms with Crippen LogP contribution in [0.4, 0.5) is 0 Å². The van der Waals surface area contributed by atoms with Crippen LogP contribution in [-0.2, 0) is 11.2 Å². The van der Waals surface area contributed by atoms with Crippen molar-refractivity contribution in [2.24, 2.45) is 5.92 Å². The minimum atomic E-state index is 0.416. The van der Waals surface area contributed by atoms with E-state index in [1.807, 2.05) is 12.1 Å². The first-order chi connectivity index (χ1) is 9.13. The number of rotatable bonds is 9. The summed E-state index contributed by atoms with van der Waals surface area (Å²) in [5.41, 5.74) is 1.24. The average Bonchev–Trinajstić information content (AvgIpc) is 2.38. The van der Waals surface area contributed by atoms with Crippen LogP contribution in [0, 0.1) is 5.92 Å². The maximum atomic E-state index is 5.55. The van der Waals surface area contributed by atoms with E-state index >= 15 is 0 Å². The van der Waals surface area contributed by atoms with Gasteiger partial charge in [-0.05, 0) is 30.9 Å². The second-order valence-corrected chi connectivity index (χ2v) is 5.34. The molecule has 1 rings (SSSR count). The number of hydrogen-bond acceptors (Lipinski definition) is 3. The Bertz CT molecular complexity index is 352. The van der Waals surface area contributed by atoms with E-state index in [1.54, 1.807) is 7.11 Å². The lowest BCUT2D eigenvalue weighted by molar-refractivity contribution is 0.110. The third-order valence-corrected chi connectivity index (χ3v) is 2.91. The first-order valence-electron chi connectivity index (χ1n) is 7.06. The smallest absolute Gasteiger partial charge is 0.122 e. The molecule has 1 N–H and O–H groups in total. The van der Waals surface area contributed by atoms with Gasteiger partial charge in [0, 0.05) is 19.2 Å². The van der Waals surface area contributed by atoms with Crippen LogP contribution in [0.3, 0.4) is 0 Å². The van der Waals surface area contributed by atoms with Crippen molar-refractivity contribution in [1.29, 1.82) is 0 Å². The SMILES string of the molecule is COc1ccccc1CC(C)NCCOCC(C)C. The zero-order chi connectivity index (χ0) is 14.1. The molecule has 0 aromatic heterocycles. The third kappa shape index (κ3) is 6.60. The lowest BCUT2D eigenvalue weighted by Gasteiger charge is -2.16. The highest BCUT2D eigenvalue weighted by Crippen LogP contribution is 2.18. The third-order valence-electron chi connectivity index (χ3n) is 2.91. The summed E-state index contributed by atoms with van der Waals surface area (Å²) in [5.74, 6) is 1.57. The molecule has 0 radical (unpaired) electrons. The van der Waals surface area contributed by atoms with E-state index in [2.05, 4.69) is 38.2 Å². The van der Waals surface area contributed by atoms with E-state index in [0.29, 0.717) is 12.0 Å². The zero-order valence-electron chi connectivity index (χ0n) is 12.6. The standard InChI is InChI=1S/C16H27NO2/c1-13(2)12-19-10-9-17-14(3)11-15-7-5-6-8-16(15)18-4/h5-8,13-14,17H,9-12H2,1-4H3. The van der Waals surface area contributed by atoms with Crippen LogP contribution in [0.25, 0.3) is 0 Å². The van der Waals surface area contributed by atoms with Crippen molar-refractivity contribution >= 4 is 0 Å². The Balaban J connectivity index is 2.25. The predicted octanol–water partition coefficient (Wildman–Crippen LogP) is 2.89. The van der Waals surface area contributed by atoms with Crippen LogP contribution in [0.1, 0.15) is 26.3 Å². The lowest BCUT2D eigenvalue weighted by atomic mass is 10.1. The van der Waals surface area contributed by atoms with Gasteiger partial charge in [-0.15, -0.1) is 0 Å². The quantitative estimate of drug-likeness (QED) is 0.696. The van der Waals surface area contributed by atoms with E-state index in [0.717, 1.165) is 31.9 Å². The monoisotopic (exact) mass is 265 g/mol. The fourth-order valence-electron chi connectivity index (χ4n) is 1.97. The van der Waals surface area contributed by atoms with E-state index < -0.39 is 0 Å². The number of hydrogen-bond donors (Lipinski definition) is 1. The summed E-state index contributed by atoms with van der Waals surface area (Å²) < 4.78 is 10.9. The van der Waals surface area contributed by atoms with Gasteiger partial charge in [0.15, 0.2) is 0 Å². The molecule has 1 atom stereocenters. The Labute approximate surface area is 117 Å². The molecular weight excluding hydrogens is 238 g/mol. The van der Waals surface area contributed by atoms with Gasteiger partial charge in [0.25, 0.3) is 0 Å². The normalized spacial score (nSPS) is 12.7. The Morgan fingerprint density at radius 2 is 1.89 bits per heavy atom. The fraction of sp³-hybridized carbons (Fsp3) is 0.625. The largest absolute Gasteiger partial charge is 0.496 e. The molecule has 3 nitrogen and oxygen atoms in total. The molecule has 0 spiro atoms. The second-order valence-electron chi connectivity index (χ2n) is 5.34. The summed E-state index contributed by atoms with van der Waals surface area (Å²) in [4.78, 5) is 0. The molecule has 3 heteroatoms. The van der Waals surface area contributed by atoms with Crippen LogP contribution in [0.2, 0.25) is 0 Å². The molecule has 1 aromatic rings. The Morgan fingerprint density at radius 1 is 1.16 bits per heavy atom. The molecule has 0 amide bonds. The van der Waals surface area contributed by atoms with Gasteiger partial charge in [0.05, 0.1) is 13.7 Å². The minimum Gasteiger partial charge on any atom is -0.496 e. The van der Waals surface area contributed by atoms with Crippen LogP contribution in [-0.4, -0.2) is 32.9 Å². The molecule has 0 aliphatic rings. The van der Waals surface area contributed by atoms with Crippen molar-refractivity contribution in [1.82, 2.24) is 5.32 Å². The number of methoxy groups -OCH3 is 1. The Morgan fingerprint density at radius 3 is 2.58 bits per heavy atom. The van der Waals surface area contributed by atoms with Gasteiger partial charge in [-0.3, -0.25) is 0 Å². The molecule has 1 aromatic carbocycles. The summed E-state index contributed by atoms with van der Waals surface area (Å²) >= 11 is 0. The Kier molecular flexibility index (Phi) is 7.53. The summed E-state index contributed by atoms with van der Waals surface area (Å²) in [6.45, 7) is 9.02. The lowest BCUT2D eigenvalue weighted by Crippen LogP contribution is -2.31. The second kappa shape index (κ2) is 8.94. The van der Waals surface area contributed by atoms with E-state index in [1.165, 1.54) is 5.56 Å². The number of ether oxygens (including phenoxy) is 2. The van der Waals surface area contributed by atoms with Crippen molar-refractivity contribution in [2.45, 2.75) is 33.2 Å². The average molecular weight is 265 g/mol. The van der Waals surface area contributed by atoms with Crippen molar-refractivity contribution in [3.63, 3.8) is 0 Å². The van der Waals surface area contributed by atoms with Crippen molar-refractivity contribution in [2.75, 3.05) is 26.9 Å². The maximum Gasteiger partial charge on any atom is 0.122 e. The predicted molar refractivity (Wildman–Crippen MR) is 79.8 cm³/mol. The summed E-state index contributed by atoms with van der Waals surface area (Å²) in [7, 11) is 1.72. The number of para-hydroxylation sites is 1. The summed E-state index contributed by atoms with van der Waals surface area (Å²) in [5, 5.41) is 3.48. The first kappa shape index (κ1) is 16.0. The highest BCUT2D eigenvalue weighted by Gasteiger charge is 2.07. The summed E-state index contributed by atoms with van der Waals surface area (Å²) in [6.07, 6.45) is 0.966. The van der Waals surface area contributed by atoms with Crippen molar-refractivity contribution in [3.8, 4) is 5.75 Å². The molecule has 0 bridgehead atoms. The van der Waals surface area contributed by atoms with Gasteiger partial charge in [0.2, 0.25) is 0 Å². The van der Waals surface area contributed by atoms with Crippen molar-refractivity contribution in [3.05, 3.63) is 29.8 Å². The van der Waals surface area contributed by atoms with Gasteiger partial charge < -0.3 is 14.8 Å². The molecule has 0 aliphatic carbocycles. The molecule has 1 unspecified atom stereocenters. The topological polar surface area (TPSA) is 30.5 Å². The zero-order valence-corrected chi connectivity index (χ0v) is 12.6. The maximum absolute atomic E-state index is 5.55. The molecule has 0 aliphatic heterocycles. The van der Waals surface area contributed by atoms with Gasteiger partial charge >= 0.3 is 0 Å². The van der Waals surface area contributed by atoms with Crippen LogP contribution in [0.5, 0.6) is 5.75 Å². The van der Waals surface area contributed by atoms with Gasteiger partial charge in [-0.25, -0.2) is 0 Å². The molecule has 0 heterocycles. The van der Waals surface area contributed by atoms with E-state index in [-0.39, 0.29) is 0 Å². The number of nitrogens with one attached hydrogen (secondary N) is 1. The van der Waals surface area contributed by atoms with Crippen LogP contribution < -0.4 is 10.1 Å². The van der Waals surface area contributed by atoms with Gasteiger partial charge in [0.1, 0.15) is 5.75 Å². The molecule has 19 heavy (non-hydrogen) atoms. The molecule has 0 saturated carbocycles. The van der Waals surface area contributed by atoms with E-state index in [9.17, 15) is 0 Å². The molecule has 0 fully saturated rings. The highest BCUT2D eigenvalue weighted by atomic mass is 16.5. The summed E-state index contributed by atoms with van der Waals surface area (Å²) in [6, 6.07) is 8.59. The molecule has 0 saturated heterocycles. The van der Waals surface area contributed by atoms with Crippen molar-refractivity contribution < 1.29 is 9.47 Å². The van der Waals surface area contributed by atoms with Crippen LogP contribution in [0.15, 0.2) is 24.3 Å². The van der Waals surface area contributed by atoms with E-state index in [4.69, 9.17) is 9.47 Å².